The summed E-state index contributed by atoms with van der Waals surface area (Å²) < 4.78 is -0.362. The van der Waals surface area contributed by atoms with E-state index in [0.717, 1.165) is 12.8 Å². The number of hydrogen-bond acceptors (Lipinski definition) is 2. The van der Waals surface area contributed by atoms with Crippen LogP contribution in [0.5, 0.6) is 0 Å². The van der Waals surface area contributed by atoms with E-state index in [1.165, 1.54) is 0 Å². The quantitative estimate of drug-likeness (QED) is 0.690. The number of likely N-dealkylation sites (tertiary alicyclic amines) is 1. The predicted molar refractivity (Wildman–Crippen MR) is 52.0 cm³/mol. The molecule has 0 aromatic rings. The zero-order valence-electron chi connectivity index (χ0n) is 6.33. The lowest BCUT2D eigenvalue weighted by molar-refractivity contribution is -0.128. The van der Waals surface area contributed by atoms with Crippen molar-refractivity contribution in [1.29, 1.82) is 5.26 Å². The topological polar surface area (TPSA) is 44.1 Å². The molecule has 1 saturated heterocycles. The van der Waals surface area contributed by atoms with E-state index in [4.69, 9.17) is 5.26 Å². The molecule has 1 rings (SSSR count). The summed E-state index contributed by atoms with van der Waals surface area (Å²) in [5.41, 5.74) is 0. The van der Waals surface area contributed by atoms with Gasteiger partial charge in [-0.15, -0.1) is 0 Å². The van der Waals surface area contributed by atoms with Crippen LogP contribution in [-0.2, 0) is 4.79 Å². The lowest BCUT2D eigenvalue weighted by Gasteiger charge is -2.19. The lowest BCUT2D eigenvalue weighted by atomic mass is 10.2. The van der Waals surface area contributed by atoms with Crippen LogP contribution in [-0.4, -0.2) is 27.1 Å². The summed E-state index contributed by atoms with van der Waals surface area (Å²) in [7, 11) is 0. The number of amides is 1. The predicted octanol–water partition coefficient (Wildman–Crippen LogP) is 1.62. The standard InChI is InChI=1S/C7H8Br2N2O/c8-6(9)7(12)11-3-1-2-5(11)4-10/h5-6H,1-3H2/t5-/m0/s1. The van der Waals surface area contributed by atoms with Crippen molar-refractivity contribution in [1.82, 2.24) is 4.90 Å². The highest BCUT2D eigenvalue weighted by molar-refractivity contribution is 9.25. The number of alkyl halides is 2. The number of halogens is 2. The fourth-order valence-corrected chi connectivity index (χ4v) is 1.82. The Labute approximate surface area is 88.0 Å². The van der Waals surface area contributed by atoms with Gasteiger partial charge in [0.25, 0.3) is 0 Å². The van der Waals surface area contributed by atoms with Crippen LogP contribution in [0.1, 0.15) is 12.8 Å². The second-order valence-electron chi connectivity index (χ2n) is 2.62. The molecule has 1 fully saturated rings. The average Bonchev–Trinajstić information content (AvgIpc) is 2.49. The number of nitriles is 1. The van der Waals surface area contributed by atoms with Crippen molar-refractivity contribution in [3.63, 3.8) is 0 Å². The Morgan fingerprint density at radius 2 is 2.33 bits per heavy atom. The first-order valence-corrected chi connectivity index (χ1v) is 5.48. The van der Waals surface area contributed by atoms with Crippen LogP contribution in [0.2, 0.25) is 0 Å². The molecule has 0 aromatic carbocycles. The molecule has 0 radical (unpaired) electrons. The van der Waals surface area contributed by atoms with E-state index < -0.39 is 0 Å². The number of rotatable bonds is 1. The largest absolute Gasteiger partial charge is 0.325 e. The Balaban J connectivity index is 2.63. The molecule has 0 unspecified atom stereocenters. The first kappa shape index (κ1) is 10.0. The molecule has 0 spiro atoms. The Hall–Kier alpha value is -0.0800. The summed E-state index contributed by atoms with van der Waals surface area (Å²) in [4.78, 5) is 13.0. The van der Waals surface area contributed by atoms with Gasteiger partial charge in [0.2, 0.25) is 5.91 Å². The van der Waals surface area contributed by atoms with E-state index in [1.54, 1.807) is 4.90 Å². The minimum absolute atomic E-state index is 0.0564. The van der Waals surface area contributed by atoms with Crippen LogP contribution in [0.15, 0.2) is 0 Å². The van der Waals surface area contributed by atoms with Gasteiger partial charge in [-0.05, 0) is 12.8 Å². The second-order valence-corrected chi connectivity index (χ2v) is 5.68. The van der Waals surface area contributed by atoms with Gasteiger partial charge in [0.15, 0.2) is 0 Å². The van der Waals surface area contributed by atoms with E-state index in [1.807, 2.05) is 0 Å². The van der Waals surface area contributed by atoms with Crippen LogP contribution in [0.3, 0.4) is 0 Å². The summed E-state index contributed by atoms with van der Waals surface area (Å²) in [6.07, 6.45) is 1.73. The molecule has 1 aliphatic rings. The van der Waals surface area contributed by atoms with Crippen molar-refractivity contribution < 1.29 is 4.79 Å². The van der Waals surface area contributed by atoms with Gasteiger partial charge in [-0.1, -0.05) is 31.9 Å². The summed E-state index contributed by atoms with van der Waals surface area (Å²) >= 11 is 6.25. The van der Waals surface area contributed by atoms with Gasteiger partial charge in [-0.25, -0.2) is 0 Å². The minimum atomic E-state index is -0.362. The third-order valence-corrected chi connectivity index (χ3v) is 2.65. The van der Waals surface area contributed by atoms with Gasteiger partial charge in [0.05, 0.1) is 6.07 Å². The highest BCUT2D eigenvalue weighted by Gasteiger charge is 2.30. The Morgan fingerprint density at radius 3 is 2.83 bits per heavy atom. The highest BCUT2D eigenvalue weighted by Crippen LogP contribution is 2.21. The fourth-order valence-electron chi connectivity index (χ4n) is 1.29. The van der Waals surface area contributed by atoms with Gasteiger partial charge < -0.3 is 4.90 Å². The van der Waals surface area contributed by atoms with Crippen molar-refractivity contribution in [3.05, 3.63) is 0 Å². The van der Waals surface area contributed by atoms with E-state index in [0.29, 0.717) is 6.54 Å². The zero-order chi connectivity index (χ0) is 9.14. The molecular formula is C7H8Br2N2O. The van der Waals surface area contributed by atoms with Crippen molar-refractivity contribution in [2.24, 2.45) is 0 Å². The van der Waals surface area contributed by atoms with E-state index >= 15 is 0 Å². The van der Waals surface area contributed by atoms with Crippen molar-refractivity contribution in [2.75, 3.05) is 6.54 Å². The van der Waals surface area contributed by atoms with Crippen molar-refractivity contribution in [2.45, 2.75) is 22.6 Å². The van der Waals surface area contributed by atoms with Crippen molar-refractivity contribution >= 4 is 37.8 Å². The molecule has 12 heavy (non-hydrogen) atoms. The van der Waals surface area contributed by atoms with Gasteiger partial charge in [0.1, 0.15) is 9.78 Å². The SMILES string of the molecule is N#C[C@@H]1CCCN1C(=O)C(Br)Br. The molecule has 0 N–H and O–H groups in total. The molecule has 0 bridgehead atoms. The lowest BCUT2D eigenvalue weighted by Crippen LogP contribution is -2.37. The normalized spacial score (nSPS) is 22.8. The summed E-state index contributed by atoms with van der Waals surface area (Å²) in [5.74, 6) is -0.0564. The Kier molecular flexibility index (Phi) is 3.53. The highest BCUT2D eigenvalue weighted by atomic mass is 79.9. The van der Waals surface area contributed by atoms with Crippen molar-refractivity contribution in [3.8, 4) is 6.07 Å². The van der Waals surface area contributed by atoms with Crippen LogP contribution in [0, 0.1) is 11.3 Å². The van der Waals surface area contributed by atoms with Gasteiger partial charge in [-0.2, -0.15) is 5.26 Å². The summed E-state index contributed by atoms with van der Waals surface area (Å²) in [5, 5.41) is 8.69. The van der Waals surface area contributed by atoms with Gasteiger partial charge >= 0.3 is 0 Å². The molecule has 1 amide bonds. The smallest absolute Gasteiger partial charge is 0.248 e. The third-order valence-electron chi connectivity index (χ3n) is 1.87. The maximum atomic E-state index is 11.4. The number of carbonyl (C=O) groups excluding carboxylic acids is 1. The Bertz CT molecular complexity index is 224. The first-order valence-electron chi connectivity index (χ1n) is 3.65. The van der Waals surface area contributed by atoms with Crippen LogP contribution >= 0.6 is 31.9 Å². The number of nitrogens with zero attached hydrogens (tertiary/aromatic N) is 2. The molecule has 0 aliphatic carbocycles. The second kappa shape index (κ2) is 4.24. The molecule has 0 aromatic heterocycles. The zero-order valence-corrected chi connectivity index (χ0v) is 9.51. The fraction of sp³-hybridized carbons (Fsp3) is 0.714. The number of carbonyl (C=O) groups is 1. The number of hydrogen-bond donors (Lipinski definition) is 0. The molecular weight excluding hydrogens is 288 g/mol. The average molecular weight is 296 g/mol. The molecule has 3 nitrogen and oxygen atoms in total. The molecule has 1 aliphatic heterocycles. The molecule has 1 heterocycles. The third kappa shape index (κ3) is 1.99. The maximum absolute atomic E-state index is 11.4. The van der Waals surface area contributed by atoms with E-state index in [9.17, 15) is 4.79 Å². The molecule has 66 valence electrons. The Morgan fingerprint density at radius 1 is 1.67 bits per heavy atom. The molecule has 5 heteroatoms. The summed E-state index contributed by atoms with van der Waals surface area (Å²) in [6.45, 7) is 0.699. The monoisotopic (exact) mass is 294 g/mol. The van der Waals surface area contributed by atoms with Crippen LogP contribution < -0.4 is 0 Å². The summed E-state index contributed by atoms with van der Waals surface area (Å²) in [6, 6.07) is 1.89. The molecule has 0 saturated carbocycles. The minimum Gasteiger partial charge on any atom is -0.325 e. The van der Waals surface area contributed by atoms with E-state index in [2.05, 4.69) is 37.9 Å². The van der Waals surface area contributed by atoms with Crippen LogP contribution in [0.4, 0.5) is 0 Å². The maximum Gasteiger partial charge on any atom is 0.248 e. The first-order chi connectivity index (χ1) is 5.66. The molecule has 1 atom stereocenters. The van der Waals surface area contributed by atoms with E-state index in [-0.39, 0.29) is 15.7 Å². The van der Waals surface area contributed by atoms with Gasteiger partial charge in [-0.3, -0.25) is 4.79 Å². The van der Waals surface area contributed by atoms with Crippen LogP contribution in [0.25, 0.3) is 0 Å². The van der Waals surface area contributed by atoms with Gasteiger partial charge in [0, 0.05) is 6.54 Å².